The van der Waals surface area contributed by atoms with Crippen molar-refractivity contribution in [2.24, 2.45) is 5.14 Å². The molecule has 4 nitrogen and oxygen atoms in total. The molecule has 9 heteroatoms. The largest absolute Gasteiger partial charge is 0.492 e. The lowest BCUT2D eigenvalue weighted by molar-refractivity contribution is -0.140. The zero-order valence-corrected chi connectivity index (χ0v) is 9.68. The van der Waals surface area contributed by atoms with Gasteiger partial charge in [0.25, 0.3) is 0 Å². The second kappa shape index (κ2) is 5.11. The molecule has 0 saturated carbocycles. The van der Waals surface area contributed by atoms with E-state index in [4.69, 9.17) is 4.74 Å². The minimum absolute atomic E-state index is 0.285. The first-order valence-electron chi connectivity index (χ1n) is 4.59. The number of hydrogen-bond donors (Lipinski definition) is 1. The van der Waals surface area contributed by atoms with Gasteiger partial charge in [0, 0.05) is 0 Å². The number of ether oxygens (including phenoxy) is 1. The third-order valence-electron chi connectivity index (χ3n) is 1.88. The van der Waals surface area contributed by atoms with Crippen LogP contribution in [0.2, 0.25) is 0 Å². The molecule has 0 fully saturated rings. The van der Waals surface area contributed by atoms with Crippen molar-refractivity contribution in [3.8, 4) is 5.75 Å². The van der Waals surface area contributed by atoms with Crippen molar-refractivity contribution >= 4 is 10.0 Å². The molecule has 0 aliphatic carbocycles. The van der Waals surface area contributed by atoms with Crippen LogP contribution in [0.25, 0.3) is 0 Å². The average Bonchev–Trinajstić information content (AvgIpc) is 2.17. The lowest BCUT2D eigenvalue weighted by atomic mass is 10.2. The lowest BCUT2D eigenvalue weighted by Crippen LogP contribution is -2.21. The molecule has 0 saturated heterocycles. The van der Waals surface area contributed by atoms with Crippen LogP contribution in [-0.2, 0) is 16.2 Å². The van der Waals surface area contributed by atoms with Gasteiger partial charge in [0.2, 0.25) is 10.0 Å². The Bertz CT molecular complexity index is 527. The van der Waals surface area contributed by atoms with Crippen LogP contribution < -0.4 is 9.88 Å². The summed E-state index contributed by atoms with van der Waals surface area (Å²) >= 11 is 0. The number of alkyl halides is 3. The standard InChI is InChI=1S/C9H9F4NO3S/c10-8-2-1-6(5-7(8)9(11,12)13)17-3-4-18(14,15)16/h1-2,5H,3-4H2,(H2,14,15,16). The van der Waals surface area contributed by atoms with Gasteiger partial charge in [-0.3, -0.25) is 0 Å². The summed E-state index contributed by atoms with van der Waals surface area (Å²) in [6.45, 7) is -0.415. The van der Waals surface area contributed by atoms with Crippen molar-refractivity contribution in [1.82, 2.24) is 0 Å². The number of primary sulfonamides is 1. The Morgan fingerprint density at radius 3 is 2.39 bits per heavy atom. The first-order chi connectivity index (χ1) is 8.09. The smallest absolute Gasteiger partial charge is 0.419 e. The van der Waals surface area contributed by atoms with Gasteiger partial charge in [-0.25, -0.2) is 17.9 Å². The number of hydrogen-bond acceptors (Lipinski definition) is 3. The van der Waals surface area contributed by atoms with Crippen LogP contribution in [0.3, 0.4) is 0 Å². The Morgan fingerprint density at radius 2 is 1.89 bits per heavy atom. The molecule has 1 aromatic rings. The molecule has 0 aliphatic rings. The van der Waals surface area contributed by atoms with Gasteiger partial charge in [0.05, 0.1) is 11.3 Å². The molecule has 1 aromatic carbocycles. The molecule has 102 valence electrons. The zero-order valence-electron chi connectivity index (χ0n) is 8.87. The highest BCUT2D eigenvalue weighted by Gasteiger charge is 2.34. The van der Waals surface area contributed by atoms with E-state index in [1.54, 1.807) is 0 Å². The second-order valence-corrected chi connectivity index (χ2v) is 5.09. The molecule has 0 amide bonds. The van der Waals surface area contributed by atoms with E-state index in [0.29, 0.717) is 12.1 Å². The Hall–Kier alpha value is -1.35. The third kappa shape index (κ3) is 4.49. The topological polar surface area (TPSA) is 69.4 Å². The van der Waals surface area contributed by atoms with Crippen LogP contribution in [0.5, 0.6) is 5.75 Å². The summed E-state index contributed by atoms with van der Waals surface area (Å²) in [5, 5.41) is 4.68. The molecule has 0 aromatic heterocycles. The number of sulfonamides is 1. The summed E-state index contributed by atoms with van der Waals surface area (Å²) in [6.07, 6.45) is -4.84. The maximum Gasteiger partial charge on any atom is 0.419 e. The zero-order chi connectivity index (χ0) is 14.0. The highest BCUT2D eigenvalue weighted by Crippen LogP contribution is 2.33. The minimum atomic E-state index is -4.84. The monoisotopic (exact) mass is 287 g/mol. The molecule has 0 heterocycles. The van der Waals surface area contributed by atoms with Gasteiger partial charge in [-0.1, -0.05) is 0 Å². The first kappa shape index (κ1) is 14.7. The van der Waals surface area contributed by atoms with E-state index in [-0.39, 0.29) is 5.75 Å². The summed E-state index contributed by atoms with van der Waals surface area (Å²) in [5.41, 5.74) is -1.48. The summed E-state index contributed by atoms with van der Waals surface area (Å²) in [4.78, 5) is 0. The SMILES string of the molecule is NS(=O)(=O)CCOc1ccc(F)c(C(F)(F)F)c1. The van der Waals surface area contributed by atoms with E-state index in [9.17, 15) is 26.0 Å². The molecule has 1 rings (SSSR count). The Balaban J connectivity index is 2.80. The number of nitrogens with two attached hydrogens (primary N) is 1. The summed E-state index contributed by atoms with van der Waals surface area (Å²) < 4.78 is 75.7. The Morgan fingerprint density at radius 1 is 1.28 bits per heavy atom. The maximum absolute atomic E-state index is 12.9. The minimum Gasteiger partial charge on any atom is -0.492 e. The van der Waals surface area contributed by atoms with Crippen molar-refractivity contribution in [2.75, 3.05) is 12.4 Å². The van der Waals surface area contributed by atoms with Gasteiger partial charge in [-0.15, -0.1) is 0 Å². The predicted octanol–water partition coefficient (Wildman–Crippen LogP) is 1.51. The molecular weight excluding hydrogens is 278 g/mol. The first-order valence-corrected chi connectivity index (χ1v) is 6.31. The van der Waals surface area contributed by atoms with E-state index in [1.165, 1.54) is 0 Å². The fourth-order valence-electron chi connectivity index (χ4n) is 1.09. The normalized spacial score (nSPS) is 12.5. The molecule has 0 bridgehead atoms. The van der Waals surface area contributed by atoms with Crippen LogP contribution in [0.15, 0.2) is 18.2 Å². The van der Waals surface area contributed by atoms with Crippen LogP contribution in [0.1, 0.15) is 5.56 Å². The van der Waals surface area contributed by atoms with E-state index >= 15 is 0 Å². The Kier molecular flexibility index (Phi) is 4.17. The summed E-state index contributed by atoms with van der Waals surface area (Å²) in [5.74, 6) is -2.26. The van der Waals surface area contributed by atoms with Crippen LogP contribution in [-0.4, -0.2) is 20.8 Å². The highest BCUT2D eigenvalue weighted by atomic mass is 32.2. The summed E-state index contributed by atoms with van der Waals surface area (Å²) in [6, 6.07) is 2.02. The van der Waals surface area contributed by atoms with E-state index in [1.807, 2.05) is 0 Å². The van der Waals surface area contributed by atoms with Crippen molar-refractivity contribution in [3.05, 3.63) is 29.6 Å². The van der Waals surface area contributed by atoms with Crippen LogP contribution in [0.4, 0.5) is 17.6 Å². The van der Waals surface area contributed by atoms with E-state index < -0.39 is 39.9 Å². The number of halogens is 4. The molecule has 2 N–H and O–H groups in total. The molecule has 0 unspecified atom stereocenters. The van der Waals surface area contributed by atoms with Gasteiger partial charge >= 0.3 is 6.18 Å². The molecular formula is C9H9F4NO3S. The van der Waals surface area contributed by atoms with Crippen molar-refractivity contribution in [1.29, 1.82) is 0 Å². The van der Waals surface area contributed by atoms with Gasteiger partial charge in [0.1, 0.15) is 18.2 Å². The van der Waals surface area contributed by atoms with Gasteiger partial charge in [-0.2, -0.15) is 13.2 Å². The van der Waals surface area contributed by atoms with Crippen molar-refractivity contribution in [3.63, 3.8) is 0 Å². The second-order valence-electron chi connectivity index (χ2n) is 3.35. The van der Waals surface area contributed by atoms with Crippen molar-refractivity contribution < 1.29 is 30.7 Å². The molecule has 0 aliphatic heterocycles. The van der Waals surface area contributed by atoms with Crippen LogP contribution in [0, 0.1) is 5.82 Å². The number of rotatable bonds is 4. The summed E-state index contributed by atoms with van der Waals surface area (Å²) in [7, 11) is -3.76. The van der Waals surface area contributed by atoms with Gasteiger partial charge < -0.3 is 4.74 Å². The molecule has 0 atom stereocenters. The molecule has 0 spiro atoms. The lowest BCUT2D eigenvalue weighted by Gasteiger charge is -2.10. The van der Waals surface area contributed by atoms with E-state index in [0.717, 1.165) is 6.07 Å². The third-order valence-corrected chi connectivity index (χ3v) is 2.62. The van der Waals surface area contributed by atoms with Gasteiger partial charge in [-0.05, 0) is 18.2 Å². The average molecular weight is 287 g/mol. The molecule has 0 radical (unpaired) electrons. The van der Waals surface area contributed by atoms with E-state index in [2.05, 4.69) is 5.14 Å². The number of benzene rings is 1. The highest BCUT2D eigenvalue weighted by molar-refractivity contribution is 7.89. The predicted molar refractivity (Wildman–Crippen MR) is 54.9 cm³/mol. The Labute approximate surface area is 100 Å². The fraction of sp³-hybridized carbons (Fsp3) is 0.333. The maximum atomic E-state index is 12.9. The fourth-order valence-corrected chi connectivity index (χ4v) is 1.40. The quantitative estimate of drug-likeness (QED) is 0.853. The van der Waals surface area contributed by atoms with Crippen LogP contribution >= 0.6 is 0 Å². The molecule has 18 heavy (non-hydrogen) atoms. The van der Waals surface area contributed by atoms with Crippen molar-refractivity contribution in [2.45, 2.75) is 6.18 Å². The van der Waals surface area contributed by atoms with Gasteiger partial charge in [0.15, 0.2) is 0 Å².